The Kier molecular flexibility index (Phi) is 9.63. The molecule has 3 aliphatic rings. The molecular formula is C35H43N9O3. The van der Waals surface area contributed by atoms with Crippen molar-refractivity contribution in [2.75, 3.05) is 27.2 Å². The van der Waals surface area contributed by atoms with Gasteiger partial charge in [-0.25, -0.2) is 5.10 Å². The Morgan fingerprint density at radius 1 is 0.957 bits per heavy atom. The van der Waals surface area contributed by atoms with E-state index in [1.807, 2.05) is 36.4 Å². The van der Waals surface area contributed by atoms with E-state index in [0.29, 0.717) is 55.1 Å². The lowest BCUT2D eigenvalue weighted by atomic mass is 9.65. The van der Waals surface area contributed by atoms with Crippen molar-refractivity contribution in [3.8, 4) is 6.07 Å². The third kappa shape index (κ3) is 6.24. The third-order valence-corrected chi connectivity index (χ3v) is 10.5. The lowest BCUT2D eigenvalue weighted by molar-refractivity contribution is -0.130. The SMILES string of the molecule is CNC(=O)c1ccc2c(c1)CCc1cc(C(=O)NC)ccc1C2(C[C@@H](NCC(=O)N1CCC[C@H]1C#N)C1CCCCC1)c1nnn[nH]1. The fourth-order valence-corrected chi connectivity index (χ4v) is 8.12. The molecule has 2 aromatic carbocycles. The van der Waals surface area contributed by atoms with E-state index in [1.54, 1.807) is 19.0 Å². The van der Waals surface area contributed by atoms with Gasteiger partial charge in [0.15, 0.2) is 5.82 Å². The Labute approximate surface area is 275 Å². The average molecular weight is 638 g/mol. The lowest BCUT2D eigenvalue weighted by Crippen LogP contribution is -2.49. The van der Waals surface area contributed by atoms with E-state index in [9.17, 15) is 19.6 Å². The minimum Gasteiger partial charge on any atom is -0.355 e. The number of H-pyrrole nitrogens is 1. The van der Waals surface area contributed by atoms with Gasteiger partial charge in [-0.3, -0.25) is 14.4 Å². The van der Waals surface area contributed by atoms with E-state index in [-0.39, 0.29) is 36.3 Å². The second kappa shape index (κ2) is 14.0. The number of nitrogens with zero attached hydrogens (tertiary/aromatic N) is 5. The summed E-state index contributed by atoms with van der Waals surface area (Å²) in [5.74, 6) is 0.486. The fraction of sp³-hybridized carbons (Fsp3) is 0.514. The number of aromatic amines is 1. The summed E-state index contributed by atoms with van der Waals surface area (Å²) in [4.78, 5) is 40.8. The van der Waals surface area contributed by atoms with Crippen LogP contribution < -0.4 is 16.0 Å². The second-order valence-electron chi connectivity index (χ2n) is 13.0. The number of carbonyl (C=O) groups is 3. The summed E-state index contributed by atoms with van der Waals surface area (Å²) in [7, 11) is 3.24. The molecule has 246 valence electrons. The standard InChI is InChI=1S/C35H43N9O3/c1-37-32(46)25-12-14-28-23(17-25)10-11-24-18-26(33(47)38-2)13-15-29(24)35(28,34-40-42-43-41-34)19-30(22-7-4-3-5-8-22)39-21-31(45)44-16-6-9-27(44)20-36/h12-15,17-18,22,27,30,39H,3-11,16,19,21H2,1-2H3,(H,37,46)(H,38,47)(H,40,41,42,43)/t27-,30+/m0/s1. The number of nitrogens with one attached hydrogen (secondary N) is 4. The molecule has 4 N–H and O–H groups in total. The van der Waals surface area contributed by atoms with Crippen molar-refractivity contribution in [2.24, 2.45) is 5.92 Å². The first kappa shape index (κ1) is 32.3. The molecule has 1 aromatic heterocycles. The van der Waals surface area contributed by atoms with Crippen LogP contribution in [0.1, 0.15) is 100 Å². The van der Waals surface area contributed by atoms with Crippen LogP contribution in [0.5, 0.6) is 0 Å². The van der Waals surface area contributed by atoms with E-state index >= 15 is 0 Å². The van der Waals surface area contributed by atoms with Crippen LogP contribution in [0.4, 0.5) is 0 Å². The van der Waals surface area contributed by atoms with Crippen molar-refractivity contribution in [2.45, 2.75) is 81.7 Å². The van der Waals surface area contributed by atoms with Gasteiger partial charge in [-0.05, 0) is 108 Å². The van der Waals surface area contributed by atoms with Crippen LogP contribution in [0.3, 0.4) is 0 Å². The van der Waals surface area contributed by atoms with Crippen molar-refractivity contribution in [3.05, 3.63) is 75.6 Å². The Hall–Kier alpha value is -4.63. The minimum atomic E-state index is -0.881. The summed E-state index contributed by atoms with van der Waals surface area (Å²) in [6, 6.07) is 13.5. The lowest BCUT2D eigenvalue weighted by Gasteiger charge is -2.41. The Morgan fingerprint density at radius 2 is 1.60 bits per heavy atom. The van der Waals surface area contributed by atoms with Gasteiger partial charge in [0.2, 0.25) is 5.91 Å². The van der Waals surface area contributed by atoms with E-state index in [2.05, 4.69) is 42.6 Å². The number of fused-ring (bicyclic) bond motifs is 2. The summed E-state index contributed by atoms with van der Waals surface area (Å²) in [6.07, 6.45) is 8.88. The molecule has 2 aliphatic carbocycles. The zero-order valence-electron chi connectivity index (χ0n) is 27.1. The topological polar surface area (TPSA) is 169 Å². The number of carbonyl (C=O) groups excluding carboxylic acids is 3. The number of aromatic nitrogens is 4. The molecule has 47 heavy (non-hydrogen) atoms. The quantitative estimate of drug-likeness (QED) is 0.278. The van der Waals surface area contributed by atoms with E-state index in [1.165, 1.54) is 6.42 Å². The maximum atomic E-state index is 13.5. The molecule has 0 unspecified atom stereocenters. The summed E-state index contributed by atoms with van der Waals surface area (Å²) < 4.78 is 0. The number of benzene rings is 2. The Morgan fingerprint density at radius 3 is 2.15 bits per heavy atom. The highest BCUT2D eigenvalue weighted by molar-refractivity contribution is 5.95. The number of nitriles is 1. The highest BCUT2D eigenvalue weighted by Crippen LogP contribution is 2.48. The molecule has 3 amide bonds. The van der Waals surface area contributed by atoms with Crippen LogP contribution in [0.15, 0.2) is 36.4 Å². The van der Waals surface area contributed by atoms with Crippen molar-refractivity contribution < 1.29 is 14.4 Å². The maximum absolute atomic E-state index is 13.5. The maximum Gasteiger partial charge on any atom is 0.251 e. The van der Waals surface area contributed by atoms with Crippen molar-refractivity contribution in [1.29, 1.82) is 5.26 Å². The monoisotopic (exact) mass is 637 g/mol. The predicted octanol–water partition coefficient (Wildman–Crippen LogP) is 2.80. The highest BCUT2D eigenvalue weighted by atomic mass is 16.2. The smallest absolute Gasteiger partial charge is 0.251 e. The molecule has 12 nitrogen and oxygen atoms in total. The van der Waals surface area contributed by atoms with Gasteiger partial charge in [-0.2, -0.15) is 5.26 Å². The van der Waals surface area contributed by atoms with Gasteiger partial charge in [0.05, 0.1) is 18.0 Å². The summed E-state index contributed by atoms with van der Waals surface area (Å²) in [5.41, 5.74) is 4.26. The van der Waals surface area contributed by atoms with Gasteiger partial charge in [-0.15, -0.1) is 5.10 Å². The van der Waals surface area contributed by atoms with Crippen LogP contribution >= 0.6 is 0 Å². The van der Waals surface area contributed by atoms with E-state index < -0.39 is 5.41 Å². The zero-order chi connectivity index (χ0) is 33.0. The highest BCUT2D eigenvalue weighted by Gasteiger charge is 2.47. The molecule has 12 heteroatoms. The third-order valence-electron chi connectivity index (χ3n) is 10.5. The molecular weight excluding hydrogens is 594 g/mol. The summed E-state index contributed by atoms with van der Waals surface area (Å²) in [5, 5.41) is 34.6. The molecule has 0 spiro atoms. The molecule has 1 aliphatic heterocycles. The molecule has 0 bridgehead atoms. The number of aryl methyl sites for hydroxylation is 2. The van der Waals surface area contributed by atoms with E-state index in [4.69, 9.17) is 0 Å². The molecule has 2 atom stereocenters. The summed E-state index contributed by atoms with van der Waals surface area (Å²) in [6.45, 7) is 0.734. The number of tetrazole rings is 1. The van der Waals surface area contributed by atoms with Crippen LogP contribution in [0.25, 0.3) is 0 Å². The van der Waals surface area contributed by atoms with E-state index in [0.717, 1.165) is 54.4 Å². The summed E-state index contributed by atoms with van der Waals surface area (Å²) >= 11 is 0. The molecule has 2 fully saturated rings. The van der Waals surface area contributed by atoms with Gasteiger partial charge < -0.3 is 20.9 Å². The molecule has 1 saturated heterocycles. The zero-order valence-corrected chi connectivity index (χ0v) is 27.1. The number of hydrogen-bond donors (Lipinski definition) is 4. The molecule has 2 heterocycles. The first-order valence-electron chi connectivity index (χ1n) is 16.8. The van der Waals surface area contributed by atoms with Crippen LogP contribution in [0.2, 0.25) is 0 Å². The van der Waals surface area contributed by atoms with Crippen LogP contribution in [0, 0.1) is 17.2 Å². The van der Waals surface area contributed by atoms with Gasteiger partial charge >= 0.3 is 0 Å². The van der Waals surface area contributed by atoms with Crippen LogP contribution in [-0.4, -0.2) is 82.5 Å². The first-order valence-corrected chi connectivity index (χ1v) is 16.8. The first-order chi connectivity index (χ1) is 22.9. The Balaban J connectivity index is 1.49. The number of rotatable bonds is 9. The second-order valence-corrected chi connectivity index (χ2v) is 13.0. The predicted molar refractivity (Wildman–Crippen MR) is 174 cm³/mol. The van der Waals surface area contributed by atoms with Crippen LogP contribution in [-0.2, 0) is 23.1 Å². The molecule has 6 rings (SSSR count). The van der Waals surface area contributed by atoms with Gasteiger partial charge in [0.1, 0.15) is 6.04 Å². The fourth-order valence-electron chi connectivity index (χ4n) is 8.12. The average Bonchev–Trinajstić information content (AvgIpc) is 3.82. The Bertz CT molecular complexity index is 1590. The van der Waals surface area contributed by atoms with Crippen molar-refractivity contribution in [1.82, 2.24) is 41.5 Å². The number of likely N-dealkylation sites (tertiary alicyclic amines) is 1. The van der Waals surface area contributed by atoms with Crippen molar-refractivity contribution in [3.63, 3.8) is 0 Å². The van der Waals surface area contributed by atoms with Crippen molar-refractivity contribution >= 4 is 17.7 Å². The number of hydrogen-bond acceptors (Lipinski definition) is 8. The number of amides is 3. The van der Waals surface area contributed by atoms with Gasteiger partial charge in [0, 0.05) is 37.8 Å². The molecule has 3 aromatic rings. The minimum absolute atomic E-state index is 0.0580. The van der Waals surface area contributed by atoms with Gasteiger partial charge in [-0.1, -0.05) is 31.4 Å². The molecule has 0 radical (unpaired) electrons. The molecule has 1 saturated carbocycles. The van der Waals surface area contributed by atoms with Gasteiger partial charge in [0.25, 0.3) is 11.8 Å². The normalized spacial score (nSPS) is 19.5. The largest absolute Gasteiger partial charge is 0.355 e.